The number of benzene rings is 1. The van der Waals surface area contributed by atoms with Crippen LogP contribution >= 0.6 is 23.2 Å². The topological polar surface area (TPSA) is 84.3 Å². The molecule has 1 amide bonds. The van der Waals surface area contributed by atoms with Crippen LogP contribution in [-0.4, -0.2) is 24.4 Å². The number of non-ortho nitro benzene ring substituents is 1. The predicted octanol–water partition coefficient (Wildman–Crippen LogP) is 2.06. The number of nitrogens with one attached hydrogen (secondary N) is 2. The number of hydrogen-bond donors (Lipinski definition) is 2. The molecule has 0 aliphatic heterocycles. The first-order valence-corrected chi connectivity index (χ1v) is 5.29. The fourth-order valence-electron chi connectivity index (χ4n) is 1.09. The molecule has 0 radical (unpaired) electrons. The first kappa shape index (κ1) is 13.5. The number of hydrogen-bond acceptors (Lipinski definition) is 4. The van der Waals surface area contributed by atoms with Crippen LogP contribution in [0.4, 0.5) is 11.4 Å². The Labute approximate surface area is 107 Å². The number of nitrogens with zero attached hydrogens (tertiary/aromatic N) is 1. The van der Waals surface area contributed by atoms with Crippen LogP contribution in [0.1, 0.15) is 0 Å². The lowest BCUT2D eigenvalue weighted by molar-refractivity contribution is -0.384. The van der Waals surface area contributed by atoms with Gasteiger partial charge in [-0.15, -0.1) is 0 Å². The molecule has 1 aromatic rings. The second-order valence-electron chi connectivity index (χ2n) is 3.07. The lowest BCUT2D eigenvalue weighted by atomic mass is 10.2. The Bertz CT molecular complexity index is 442. The van der Waals surface area contributed by atoms with Crippen LogP contribution in [0.15, 0.2) is 12.1 Å². The van der Waals surface area contributed by atoms with Gasteiger partial charge in [-0.2, -0.15) is 0 Å². The quantitative estimate of drug-likeness (QED) is 0.652. The Morgan fingerprint density at radius 2 is 1.94 bits per heavy atom. The van der Waals surface area contributed by atoms with E-state index in [1.807, 2.05) is 0 Å². The molecular formula is C9H9Cl2N3O3. The maximum Gasteiger partial charge on any atom is 0.272 e. The zero-order valence-corrected chi connectivity index (χ0v) is 10.3. The van der Waals surface area contributed by atoms with Gasteiger partial charge in [0.25, 0.3) is 5.69 Å². The molecule has 6 nitrogen and oxygen atoms in total. The number of amides is 1. The van der Waals surface area contributed by atoms with E-state index in [9.17, 15) is 14.9 Å². The molecule has 1 rings (SSSR count). The Balaban J connectivity index is 2.94. The van der Waals surface area contributed by atoms with Crippen molar-refractivity contribution in [2.75, 3.05) is 18.9 Å². The summed E-state index contributed by atoms with van der Waals surface area (Å²) in [4.78, 5) is 21.0. The maximum absolute atomic E-state index is 11.0. The van der Waals surface area contributed by atoms with Crippen LogP contribution in [0.5, 0.6) is 0 Å². The van der Waals surface area contributed by atoms with E-state index in [0.29, 0.717) is 5.69 Å². The van der Waals surface area contributed by atoms with Crippen LogP contribution in [-0.2, 0) is 4.79 Å². The van der Waals surface area contributed by atoms with Crippen molar-refractivity contribution in [1.82, 2.24) is 5.32 Å². The van der Waals surface area contributed by atoms with Gasteiger partial charge >= 0.3 is 0 Å². The number of halogens is 2. The van der Waals surface area contributed by atoms with Gasteiger partial charge in [0.05, 0.1) is 27.2 Å². The van der Waals surface area contributed by atoms with Crippen molar-refractivity contribution >= 4 is 40.5 Å². The summed E-state index contributed by atoms with van der Waals surface area (Å²) in [6.07, 6.45) is 0. The Kier molecular flexibility index (Phi) is 4.53. The minimum atomic E-state index is -0.597. The van der Waals surface area contributed by atoms with Crippen LogP contribution in [0.3, 0.4) is 0 Å². The minimum Gasteiger partial charge on any atom is -0.374 e. The zero-order valence-electron chi connectivity index (χ0n) is 8.79. The molecule has 17 heavy (non-hydrogen) atoms. The van der Waals surface area contributed by atoms with Crippen molar-refractivity contribution in [1.29, 1.82) is 0 Å². The summed E-state index contributed by atoms with van der Waals surface area (Å²) in [6, 6.07) is 2.33. The van der Waals surface area contributed by atoms with Crippen molar-refractivity contribution in [3.63, 3.8) is 0 Å². The third kappa shape index (κ3) is 3.47. The van der Waals surface area contributed by atoms with Crippen LogP contribution in [0.25, 0.3) is 0 Å². The standard InChI is InChI=1S/C9H9Cl2N3O3/c1-12-8(15)4-13-9-6(10)2-5(14(16)17)3-7(9)11/h2-3,13H,4H2,1H3,(H,12,15). The van der Waals surface area contributed by atoms with Gasteiger partial charge in [-0.3, -0.25) is 14.9 Å². The summed E-state index contributed by atoms with van der Waals surface area (Å²) in [7, 11) is 1.49. The molecule has 0 aromatic heterocycles. The zero-order chi connectivity index (χ0) is 13.0. The van der Waals surface area contributed by atoms with Gasteiger partial charge in [-0.05, 0) is 0 Å². The molecule has 92 valence electrons. The molecular weight excluding hydrogens is 269 g/mol. The van der Waals surface area contributed by atoms with E-state index in [1.54, 1.807) is 0 Å². The second-order valence-corrected chi connectivity index (χ2v) is 3.88. The monoisotopic (exact) mass is 277 g/mol. The van der Waals surface area contributed by atoms with Crippen LogP contribution in [0.2, 0.25) is 10.0 Å². The Hall–Kier alpha value is -1.53. The number of nitro benzene ring substituents is 1. The SMILES string of the molecule is CNC(=O)CNc1c(Cl)cc([N+](=O)[O-])cc1Cl. The number of nitro groups is 1. The van der Waals surface area contributed by atoms with Crippen molar-refractivity contribution < 1.29 is 9.72 Å². The van der Waals surface area contributed by atoms with Gasteiger partial charge in [0.2, 0.25) is 5.91 Å². The van der Waals surface area contributed by atoms with E-state index in [2.05, 4.69) is 10.6 Å². The number of anilines is 1. The van der Waals surface area contributed by atoms with Crippen molar-refractivity contribution in [2.45, 2.75) is 0 Å². The van der Waals surface area contributed by atoms with Gasteiger partial charge in [0, 0.05) is 19.2 Å². The Morgan fingerprint density at radius 3 is 2.35 bits per heavy atom. The highest BCUT2D eigenvalue weighted by Gasteiger charge is 2.14. The van der Waals surface area contributed by atoms with E-state index in [1.165, 1.54) is 19.2 Å². The number of carbonyl (C=O) groups excluding carboxylic acids is 1. The van der Waals surface area contributed by atoms with E-state index in [0.717, 1.165) is 0 Å². The summed E-state index contributed by atoms with van der Waals surface area (Å²) < 4.78 is 0. The molecule has 0 bridgehead atoms. The average Bonchev–Trinajstić information content (AvgIpc) is 2.27. The summed E-state index contributed by atoms with van der Waals surface area (Å²) in [5, 5.41) is 15.8. The molecule has 8 heteroatoms. The fraction of sp³-hybridized carbons (Fsp3) is 0.222. The van der Waals surface area contributed by atoms with E-state index in [-0.39, 0.29) is 28.2 Å². The number of rotatable bonds is 4. The van der Waals surface area contributed by atoms with Crippen LogP contribution in [0, 0.1) is 10.1 Å². The first-order chi connectivity index (χ1) is 7.95. The third-order valence-corrected chi connectivity index (χ3v) is 2.54. The fourth-order valence-corrected chi connectivity index (χ4v) is 1.70. The molecule has 0 aliphatic rings. The molecule has 0 heterocycles. The summed E-state index contributed by atoms with van der Waals surface area (Å²) in [6.45, 7) is -0.0201. The largest absolute Gasteiger partial charge is 0.374 e. The number of carbonyl (C=O) groups is 1. The average molecular weight is 278 g/mol. The molecule has 0 saturated heterocycles. The van der Waals surface area contributed by atoms with Gasteiger partial charge < -0.3 is 10.6 Å². The summed E-state index contributed by atoms with van der Waals surface area (Å²) in [5.41, 5.74) is 0.0908. The molecule has 1 aromatic carbocycles. The van der Waals surface area contributed by atoms with Crippen molar-refractivity contribution in [3.8, 4) is 0 Å². The first-order valence-electron chi connectivity index (χ1n) is 4.53. The lowest BCUT2D eigenvalue weighted by Gasteiger charge is -2.09. The highest BCUT2D eigenvalue weighted by Crippen LogP contribution is 2.34. The van der Waals surface area contributed by atoms with Gasteiger partial charge in [0.1, 0.15) is 0 Å². The van der Waals surface area contributed by atoms with Crippen molar-refractivity contribution in [2.24, 2.45) is 0 Å². The highest BCUT2D eigenvalue weighted by molar-refractivity contribution is 6.39. The third-order valence-electron chi connectivity index (χ3n) is 1.94. The molecule has 0 unspecified atom stereocenters. The summed E-state index contributed by atoms with van der Waals surface area (Å²) in [5.74, 6) is -0.254. The van der Waals surface area contributed by atoms with E-state index >= 15 is 0 Å². The molecule has 0 fully saturated rings. The van der Waals surface area contributed by atoms with Crippen molar-refractivity contribution in [3.05, 3.63) is 32.3 Å². The minimum absolute atomic E-state index is 0.0201. The Morgan fingerprint density at radius 1 is 1.41 bits per heavy atom. The molecule has 0 spiro atoms. The smallest absolute Gasteiger partial charge is 0.272 e. The number of likely N-dealkylation sites (N-methyl/N-ethyl adjacent to an activating group) is 1. The highest BCUT2D eigenvalue weighted by atomic mass is 35.5. The normalized spacial score (nSPS) is 9.82. The van der Waals surface area contributed by atoms with Crippen LogP contribution < -0.4 is 10.6 Å². The second kappa shape index (κ2) is 5.70. The lowest BCUT2D eigenvalue weighted by Crippen LogP contribution is -2.26. The predicted molar refractivity (Wildman–Crippen MR) is 65.7 cm³/mol. The van der Waals surface area contributed by atoms with Gasteiger partial charge in [-0.25, -0.2) is 0 Å². The molecule has 0 atom stereocenters. The molecule has 0 aliphatic carbocycles. The molecule has 0 saturated carbocycles. The van der Waals surface area contributed by atoms with Gasteiger partial charge in [-0.1, -0.05) is 23.2 Å². The van der Waals surface area contributed by atoms with Gasteiger partial charge in [0.15, 0.2) is 0 Å². The van der Waals surface area contributed by atoms with E-state index in [4.69, 9.17) is 23.2 Å². The molecule has 2 N–H and O–H groups in total. The maximum atomic E-state index is 11.0. The van der Waals surface area contributed by atoms with E-state index < -0.39 is 4.92 Å². The summed E-state index contributed by atoms with van der Waals surface area (Å²) >= 11 is 11.6.